The van der Waals surface area contributed by atoms with E-state index in [-0.39, 0.29) is 11.8 Å². The summed E-state index contributed by atoms with van der Waals surface area (Å²) >= 11 is 0. The van der Waals surface area contributed by atoms with Gasteiger partial charge in [0.25, 0.3) is 5.91 Å². The van der Waals surface area contributed by atoms with Crippen LogP contribution < -0.4 is 21.1 Å². The first-order chi connectivity index (χ1) is 18.5. The second kappa shape index (κ2) is 10.5. The van der Waals surface area contributed by atoms with Gasteiger partial charge in [0, 0.05) is 23.8 Å². The van der Waals surface area contributed by atoms with E-state index in [2.05, 4.69) is 15.4 Å². The summed E-state index contributed by atoms with van der Waals surface area (Å²) in [6.45, 7) is 2.07. The van der Waals surface area contributed by atoms with Crippen molar-refractivity contribution in [3.8, 4) is 0 Å². The number of nitrogens with two attached hydrogens (primary N) is 1. The molecule has 0 aromatic heterocycles. The minimum atomic E-state index is -3.85. The van der Waals surface area contributed by atoms with E-state index < -0.39 is 44.2 Å². The number of nitrogens with zero attached hydrogens (tertiary/aromatic N) is 1. The Morgan fingerprint density at radius 1 is 1.08 bits per heavy atom. The molecule has 2 aliphatic heterocycles. The van der Waals surface area contributed by atoms with Gasteiger partial charge in [-0.25, -0.2) is 8.42 Å². The number of carbonyl (C=O) groups excluding carboxylic acids is 3. The lowest BCUT2D eigenvalue weighted by atomic mass is 10.0. The van der Waals surface area contributed by atoms with Crippen LogP contribution in [0.15, 0.2) is 36.4 Å². The summed E-state index contributed by atoms with van der Waals surface area (Å²) in [5.41, 5.74) is 5.91. The largest absolute Gasteiger partial charge is 0.399 e. The summed E-state index contributed by atoms with van der Waals surface area (Å²) in [6, 6.07) is 6.01. The van der Waals surface area contributed by atoms with Crippen LogP contribution in [0.25, 0.3) is 0 Å². The highest BCUT2D eigenvalue weighted by atomic mass is 32.2. The quantitative estimate of drug-likeness (QED) is 0.321. The zero-order chi connectivity index (χ0) is 27.8. The fourth-order valence-electron chi connectivity index (χ4n) is 5.66. The Bertz CT molecular complexity index is 1260. The number of hydrogen-bond acceptors (Lipinski definition) is 7. The Morgan fingerprint density at radius 3 is 2.54 bits per heavy atom. The molecule has 1 aromatic carbocycles. The molecule has 2 saturated carbocycles. The van der Waals surface area contributed by atoms with Crippen molar-refractivity contribution in [2.75, 3.05) is 17.6 Å². The number of nitrogen functional groups attached to an aromatic ring is 1. The topological polar surface area (TPSA) is 151 Å². The summed E-state index contributed by atoms with van der Waals surface area (Å²) in [7, 11) is -3.85. The number of anilines is 2. The first-order valence-corrected chi connectivity index (χ1v) is 15.5. The average molecular weight is 558 g/mol. The summed E-state index contributed by atoms with van der Waals surface area (Å²) in [5.74, 6) is -1.54. The summed E-state index contributed by atoms with van der Waals surface area (Å²) < 4.78 is 26.9. The van der Waals surface area contributed by atoms with Gasteiger partial charge < -0.3 is 21.3 Å². The Balaban J connectivity index is 1.37. The lowest BCUT2D eigenvalue weighted by Gasteiger charge is -2.30. The molecule has 5 N–H and O–H groups in total. The molecule has 2 aliphatic carbocycles. The number of carbonyl (C=O) groups is 3. The molecular weight excluding hydrogens is 518 g/mol. The van der Waals surface area contributed by atoms with Crippen LogP contribution in [-0.4, -0.2) is 60.0 Å². The van der Waals surface area contributed by atoms with Crippen molar-refractivity contribution in [2.45, 2.75) is 93.5 Å². The fourth-order valence-corrected chi connectivity index (χ4v) is 6.97. The van der Waals surface area contributed by atoms with Crippen LogP contribution in [0.5, 0.6) is 0 Å². The Morgan fingerprint density at radius 2 is 1.82 bits per heavy atom. The highest BCUT2D eigenvalue weighted by Crippen LogP contribution is 2.47. The van der Waals surface area contributed by atoms with Gasteiger partial charge in [-0.3, -0.25) is 19.1 Å². The van der Waals surface area contributed by atoms with Gasteiger partial charge in [-0.1, -0.05) is 25.0 Å². The van der Waals surface area contributed by atoms with Gasteiger partial charge in [0.2, 0.25) is 21.8 Å². The van der Waals surface area contributed by atoms with Crippen molar-refractivity contribution < 1.29 is 22.8 Å². The van der Waals surface area contributed by atoms with Crippen molar-refractivity contribution in [1.82, 2.24) is 14.9 Å². The number of benzene rings is 1. The lowest BCUT2D eigenvalue weighted by Crippen LogP contribution is -2.58. The molecule has 1 aromatic rings. The van der Waals surface area contributed by atoms with Crippen LogP contribution in [0, 0.1) is 5.92 Å². The Labute approximate surface area is 230 Å². The van der Waals surface area contributed by atoms with Crippen LogP contribution in [0.3, 0.4) is 0 Å². The third-order valence-electron chi connectivity index (χ3n) is 8.72. The number of allylic oxidation sites excluding steroid dienone is 1. The Kier molecular flexibility index (Phi) is 7.39. The zero-order valence-corrected chi connectivity index (χ0v) is 23.3. The van der Waals surface area contributed by atoms with E-state index in [0.29, 0.717) is 50.8 Å². The first-order valence-electron chi connectivity index (χ1n) is 14.0. The van der Waals surface area contributed by atoms with E-state index >= 15 is 0 Å². The monoisotopic (exact) mass is 557 g/mol. The van der Waals surface area contributed by atoms with Gasteiger partial charge in [0.05, 0.1) is 4.75 Å². The number of hydrogen-bond donors (Lipinski definition) is 4. The first kappa shape index (κ1) is 27.5. The zero-order valence-electron chi connectivity index (χ0n) is 22.4. The normalized spacial score (nSPS) is 31.5. The smallest absolute Gasteiger partial charge is 0.259 e. The highest BCUT2D eigenvalue weighted by molar-refractivity contribution is 7.91. The van der Waals surface area contributed by atoms with Gasteiger partial charge >= 0.3 is 0 Å². The van der Waals surface area contributed by atoms with Crippen molar-refractivity contribution in [1.29, 1.82) is 0 Å². The molecular formula is C28H39N5O5S. The van der Waals surface area contributed by atoms with Gasteiger partial charge in [-0.15, -0.1) is 0 Å². The van der Waals surface area contributed by atoms with Gasteiger partial charge in [0.15, 0.2) is 0 Å². The van der Waals surface area contributed by atoms with Crippen LogP contribution >= 0.6 is 0 Å². The summed E-state index contributed by atoms with van der Waals surface area (Å²) in [5, 5.41) is 6.24. The van der Waals surface area contributed by atoms with Crippen LogP contribution in [0.2, 0.25) is 0 Å². The molecule has 2 heterocycles. The maximum absolute atomic E-state index is 13.8. The number of amides is 3. The molecule has 4 aliphatic rings. The van der Waals surface area contributed by atoms with Crippen molar-refractivity contribution >= 4 is 39.1 Å². The number of rotatable bonds is 5. The third kappa shape index (κ3) is 5.64. The second-order valence-corrected chi connectivity index (χ2v) is 13.9. The van der Waals surface area contributed by atoms with E-state index in [1.807, 2.05) is 24.3 Å². The average Bonchev–Trinajstić information content (AvgIpc) is 3.75. The van der Waals surface area contributed by atoms with Crippen LogP contribution in [0.4, 0.5) is 11.4 Å². The van der Waals surface area contributed by atoms with E-state index in [4.69, 9.17) is 5.73 Å². The molecule has 10 nitrogen and oxygen atoms in total. The molecule has 5 rings (SSSR count). The number of sulfonamides is 1. The molecule has 3 fully saturated rings. The fraction of sp³-hybridized carbons (Fsp3) is 0.607. The molecule has 0 unspecified atom stereocenters. The minimum Gasteiger partial charge on any atom is -0.399 e. The molecule has 1 saturated heterocycles. The predicted molar refractivity (Wildman–Crippen MR) is 149 cm³/mol. The number of nitrogens with one attached hydrogen (secondary N) is 3. The van der Waals surface area contributed by atoms with Crippen LogP contribution in [0.1, 0.15) is 71.1 Å². The third-order valence-corrected chi connectivity index (χ3v) is 10.9. The lowest BCUT2D eigenvalue weighted by molar-refractivity contribution is -0.140. The van der Waals surface area contributed by atoms with E-state index in [0.717, 1.165) is 31.4 Å². The van der Waals surface area contributed by atoms with Gasteiger partial charge in [-0.05, 0) is 82.6 Å². The molecule has 0 spiro atoms. The number of fused-ring (bicyclic) bond motifs is 2. The maximum Gasteiger partial charge on any atom is 0.259 e. The SMILES string of the molecule is CC1(S(=O)(=O)NC(=O)[C@@]23C[C@H]2/C=C\CCCCC[C@H](Nc2ccc(N)cc2)C(=O)N2CCC[C@H]2C(=O)N3)CC1. The molecule has 0 bridgehead atoms. The van der Waals surface area contributed by atoms with Crippen molar-refractivity contribution in [3.05, 3.63) is 36.4 Å². The van der Waals surface area contributed by atoms with Crippen molar-refractivity contribution in [3.63, 3.8) is 0 Å². The predicted octanol–water partition coefficient (Wildman–Crippen LogP) is 2.43. The molecule has 11 heteroatoms. The van der Waals surface area contributed by atoms with E-state index in [1.54, 1.807) is 24.0 Å². The highest BCUT2D eigenvalue weighted by Gasteiger charge is 2.62. The van der Waals surface area contributed by atoms with E-state index in [9.17, 15) is 22.8 Å². The van der Waals surface area contributed by atoms with Gasteiger partial charge in [0.1, 0.15) is 17.6 Å². The maximum atomic E-state index is 13.8. The van der Waals surface area contributed by atoms with E-state index in [1.165, 1.54) is 0 Å². The van der Waals surface area contributed by atoms with Gasteiger partial charge in [-0.2, -0.15) is 0 Å². The summed E-state index contributed by atoms with van der Waals surface area (Å²) in [4.78, 5) is 42.4. The molecule has 212 valence electrons. The standard InChI is InChI=1S/C28H39N5O5S/c1-27(15-16-27)39(37,38)32-26(36)28-18-19(28)8-5-3-2-4-6-9-22(30-21-13-11-20(29)12-14-21)25(35)33-17-7-10-23(33)24(34)31-28/h5,8,11-14,19,22-23,30H,2-4,6-7,9-10,15-18,29H2,1H3,(H,31,34)(H,32,36)/b8-5-/t19-,22+,23+,28-/m1/s1. The minimum absolute atomic E-state index is 0.146. The second-order valence-electron chi connectivity index (χ2n) is 11.7. The molecule has 4 atom stereocenters. The summed E-state index contributed by atoms with van der Waals surface area (Å²) in [6.07, 6.45) is 10.6. The molecule has 3 amide bonds. The van der Waals surface area contributed by atoms with Crippen LogP contribution in [-0.2, 0) is 24.4 Å². The molecule has 39 heavy (non-hydrogen) atoms. The van der Waals surface area contributed by atoms with Crippen molar-refractivity contribution in [2.24, 2.45) is 5.92 Å². The Hall–Kier alpha value is -3.08. The molecule has 0 radical (unpaired) electrons.